The maximum absolute atomic E-state index is 11.9. The fourth-order valence-electron chi connectivity index (χ4n) is 3.21. The molecule has 0 aromatic rings. The minimum Gasteiger partial charge on any atom is -0.481 e. The number of rotatable bonds is 7. The van der Waals surface area contributed by atoms with Gasteiger partial charge in [0.05, 0.1) is 6.42 Å². The smallest absolute Gasteiger partial charge is 0.304 e. The normalized spacial score (nSPS) is 26.8. The lowest BCUT2D eigenvalue weighted by Gasteiger charge is -2.38. The first-order valence-corrected chi connectivity index (χ1v) is 8.18. The number of nitrogens with one attached hydrogen (secondary N) is 1. The molecule has 1 amide bonds. The fraction of sp³-hybridized carbons (Fsp3) is 0.875. The molecule has 5 heteroatoms. The van der Waals surface area contributed by atoms with Gasteiger partial charge in [0.15, 0.2) is 0 Å². The summed E-state index contributed by atoms with van der Waals surface area (Å²) < 4.78 is 0. The molecule has 0 radical (unpaired) electrons. The minimum absolute atomic E-state index is 0.00118. The number of nitrogens with zero attached hydrogens (tertiary/aromatic N) is 1. The molecule has 1 saturated heterocycles. The zero-order valence-corrected chi connectivity index (χ0v) is 13.2. The summed E-state index contributed by atoms with van der Waals surface area (Å²) in [4.78, 5) is 24.9. The molecule has 2 atom stereocenters. The molecule has 0 spiro atoms. The summed E-state index contributed by atoms with van der Waals surface area (Å²) in [5.74, 6) is 0.821. The largest absolute Gasteiger partial charge is 0.481 e. The Bertz CT molecular complexity index is 380. The van der Waals surface area contributed by atoms with E-state index in [1.165, 1.54) is 19.3 Å². The van der Waals surface area contributed by atoms with Crippen molar-refractivity contribution in [3.63, 3.8) is 0 Å². The highest BCUT2D eigenvalue weighted by Crippen LogP contribution is 2.37. The van der Waals surface area contributed by atoms with Gasteiger partial charge in [0.1, 0.15) is 0 Å². The average molecular weight is 296 g/mol. The maximum atomic E-state index is 11.9. The summed E-state index contributed by atoms with van der Waals surface area (Å²) in [5, 5.41) is 12.0. The molecule has 1 heterocycles. The monoisotopic (exact) mass is 296 g/mol. The van der Waals surface area contributed by atoms with Crippen molar-refractivity contribution in [2.45, 2.75) is 52.0 Å². The summed E-state index contributed by atoms with van der Waals surface area (Å²) in [6.45, 7) is 6.17. The van der Waals surface area contributed by atoms with E-state index in [1.54, 1.807) is 0 Å². The van der Waals surface area contributed by atoms with Crippen LogP contribution in [0.5, 0.6) is 0 Å². The maximum Gasteiger partial charge on any atom is 0.304 e. The Kier molecular flexibility index (Phi) is 5.62. The molecule has 1 aliphatic carbocycles. The molecule has 1 saturated carbocycles. The van der Waals surface area contributed by atoms with Crippen LogP contribution in [0.2, 0.25) is 0 Å². The van der Waals surface area contributed by atoms with Gasteiger partial charge in [-0.1, -0.05) is 26.7 Å². The van der Waals surface area contributed by atoms with Gasteiger partial charge in [-0.3, -0.25) is 9.59 Å². The predicted octanol–water partition coefficient (Wildman–Crippen LogP) is 1.72. The highest BCUT2D eigenvalue weighted by molar-refractivity contribution is 5.78. The molecule has 2 N–H and O–H groups in total. The van der Waals surface area contributed by atoms with E-state index in [2.05, 4.69) is 10.2 Å². The van der Waals surface area contributed by atoms with Crippen molar-refractivity contribution in [1.29, 1.82) is 0 Å². The summed E-state index contributed by atoms with van der Waals surface area (Å²) in [6, 6.07) is 0.172. The quantitative estimate of drug-likeness (QED) is 0.750. The van der Waals surface area contributed by atoms with Crippen molar-refractivity contribution in [3.8, 4) is 0 Å². The van der Waals surface area contributed by atoms with Gasteiger partial charge in [-0.05, 0) is 24.7 Å². The number of amides is 1. The minimum atomic E-state index is -0.748. The van der Waals surface area contributed by atoms with Crippen LogP contribution in [0.1, 0.15) is 46.0 Å². The van der Waals surface area contributed by atoms with Crippen molar-refractivity contribution >= 4 is 11.9 Å². The number of carboxylic acid groups (broad SMARTS) is 1. The average Bonchev–Trinajstić information content (AvgIpc) is 3.20. The van der Waals surface area contributed by atoms with E-state index in [0.29, 0.717) is 12.5 Å². The number of carboxylic acids is 1. The van der Waals surface area contributed by atoms with E-state index in [4.69, 9.17) is 5.11 Å². The topological polar surface area (TPSA) is 69.6 Å². The van der Waals surface area contributed by atoms with E-state index < -0.39 is 5.97 Å². The molecule has 2 fully saturated rings. The Morgan fingerprint density at radius 1 is 1.24 bits per heavy atom. The summed E-state index contributed by atoms with van der Waals surface area (Å²) in [5.41, 5.74) is 0. The lowest BCUT2D eigenvalue weighted by Crippen LogP contribution is -2.52. The number of piperidine rings is 1. The fourth-order valence-corrected chi connectivity index (χ4v) is 3.21. The lowest BCUT2D eigenvalue weighted by molar-refractivity contribution is -0.137. The Morgan fingerprint density at radius 3 is 2.52 bits per heavy atom. The molecule has 2 unspecified atom stereocenters. The van der Waals surface area contributed by atoms with Crippen LogP contribution in [0.25, 0.3) is 0 Å². The molecular formula is C16H28N2O3. The second-order valence-electron chi connectivity index (χ2n) is 7.04. The van der Waals surface area contributed by atoms with Crippen LogP contribution in [0.4, 0.5) is 0 Å². The molecule has 5 nitrogen and oxygen atoms in total. The van der Waals surface area contributed by atoms with E-state index in [-0.39, 0.29) is 24.3 Å². The van der Waals surface area contributed by atoms with Crippen molar-refractivity contribution in [2.75, 3.05) is 19.6 Å². The van der Waals surface area contributed by atoms with Crippen molar-refractivity contribution in [3.05, 3.63) is 0 Å². The van der Waals surface area contributed by atoms with Crippen LogP contribution in [-0.4, -0.2) is 47.6 Å². The Balaban J connectivity index is 1.88. The molecule has 21 heavy (non-hydrogen) atoms. The SMILES string of the molecule is CC(C)C(=O)NC1CC(CC2CC2)CN(CCC(=O)O)C1. The van der Waals surface area contributed by atoms with Crippen molar-refractivity contribution < 1.29 is 14.7 Å². The van der Waals surface area contributed by atoms with Gasteiger partial charge >= 0.3 is 5.97 Å². The molecule has 0 bridgehead atoms. The first kappa shape index (κ1) is 16.3. The van der Waals surface area contributed by atoms with Crippen LogP contribution < -0.4 is 5.32 Å². The van der Waals surface area contributed by atoms with Crippen LogP contribution in [0.15, 0.2) is 0 Å². The molecule has 1 aliphatic heterocycles. The summed E-state index contributed by atoms with van der Waals surface area (Å²) in [6.07, 6.45) is 5.14. The number of likely N-dealkylation sites (tertiary alicyclic amines) is 1. The van der Waals surface area contributed by atoms with Gasteiger partial charge in [0.25, 0.3) is 0 Å². The first-order valence-electron chi connectivity index (χ1n) is 8.18. The standard InChI is InChI=1S/C16H28N2O3/c1-11(2)16(21)17-14-8-13(7-12-3-4-12)9-18(10-14)6-5-15(19)20/h11-14H,3-10H2,1-2H3,(H,17,21)(H,19,20). The van der Waals surface area contributed by atoms with Gasteiger partial charge in [-0.25, -0.2) is 0 Å². The van der Waals surface area contributed by atoms with Gasteiger partial charge in [0, 0.05) is 31.6 Å². The number of aliphatic carboxylic acids is 1. The Labute approximate surface area is 127 Å². The summed E-state index contributed by atoms with van der Waals surface area (Å²) in [7, 11) is 0. The van der Waals surface area contributed by atoms with Crippen LogP contribution in [0, 0.1) is 17.8 Å². The molecule has 0 aromatic heterocycles. The lowest BCUT2D eigenvalue weighted by atomic mass is 9.89. The molecular weight excluding hydrogens is 268 g/mol. The second kappa shape index (κ2) is 7.25. The van der Waals surface area contributed by atoms with E-state index in [9.17, 15) is 9.59 Å². The number of carbonyl (C=O) groups excluding carboxylic acids is 1. The van der Waals surface area contributed by atoms with Gasteiger partial charge in [-0.2, -0.15) is 0 Å². The molecule has 2 aliphatic rings. The second-order valence-corrected chi connectivity index (χ2v) is 7.04. The van der Waals surface area contributed by atoms with E-state index in [1.807, 2.05) is 13.8 Å². The first-order chi connectivity index (χ1) is 9.94. The van der Waals surface area contributed by atoms with Gasteiger partial charge in [0.2, 0.25) is 5.91 Å². The third-order valence-corrected chi connectivity index (χ3v) is 4.49. The van der Waals surface area contributed by atoms with E-state index in [0.717, 1.165) is 25.4 Å². The number of carbonyl (C=O) groups is 2. The number of hydrogen-bond donors (Lipinski definition) is 2. The highest BCUT2D eigenvalue weighted by Gasteiger charge is 2.32. The highest BCUT2D eigenvalue weighted by atomic mass is 16.4. The number of hydrogen-bond acceptors (Lipinski definition) is 3. The van der Waals surface area contributed by atoms with Crippen LogP contribution in [0.3, 0.4) is 0 Å². The Hall–Kier alpha value is -1.10. The van der Waals surface area contributed by atoms with Crippen molar-refractivity contribution in [2.24, 2.45) is 17.8 Å². The van der Waals surface area contributed by atoms with Crippen LogP contribution >= 0.6 is 0 Å². The molecule has 120 valence electrons. The Morgan fingerprint density at radius 2 is 1.95 bits per heavy atom. The van der Waals surface area contributed by atoms with E-state index >= 15 is 0 Å². The summed E-state index contributed by atoms with van der Waals surface area (Å²) >= 11 is 0. The third-order valence-electron chi connectivity index (χ3n) is 4.49. The van der Waals surface area contributed by atoms with Gasteiger partial charge in [-0.15, -0.1) is 0 Å². The molecule has 0 aromatic carbocycles. The molecule has 2 rings (SSSR count). The zero-order chi connectivity index (χ0) is 15.4. The van der Waals surface area contributed by atoms with Crippen LogP contribution in [-0.2, 0) is 9.59 Å². The predicted molar refractivity (Wildman–Crippen MR) is 80.9 cm³/mol. The van der Waals surface area contributed by atoms with Gasteiger partial charge < -0.3 is 15.3 Å². The zero-order valence-electron chi connectivity index (χ0n) is 13.2. The van der Waals surface area contributed by atoms with Crippen molar-refractivity contribution in [1.82, 2.24) is 10.2 Å². The third kappa shape index (κ3) is 5.65.